The van der Waals surface area contributed by atoms with Gasteiger partial charge in [-0.2, -0.15) is 0 Å². The summed E-state index contributed by atoms with van der Waals surface area (Å²) in [6.45, 7) is 3.91. The number of ether oxygens (including phenoxy) is 1. The van der Waals surface area contributed by atoms with E-state index in [4.69, 9.17) is 4.74 Å². The third-order valence-electron chi connectivity index (χ3n) is 6.96. The van der Waals surface area contributed by atoms with Crippen LogP contribution in [0.2, 0.25) is 0 Å². The molecule has 31 heavy (non-hydrogen) atoms. The summed E-state index contributed by atoms with van der Waals surface area (Å²) in [6.07, 6.45) is 0.744. The van der Waals surface area contributed by atoms with Crippen molar-refractivity contribution in [3.05, 3.63) is 59.2 Å². The van der Waals surface area contributed by atoms with E-state index in [-0.39, 0.29) is 52.4 Å². The highest BCUT2D eigenvalue weighted by Gasteiger charge is 2.67. The quantitative estimate of drug-likeness (QED) is 0.508. The van der Waals surface area contributed by atoms with Crippen molar-refractivity contribution in [3.8, 4) is 0 Å². The molecule has 1 saturated heterocycles. The van der Waals surface area contributed by atoms with Crippen LogP contribution in [0.5, 0.6) is 0 Å². The van der Waals surface area contributed by atoms with Gasteiger partial charge in [-0.3, -0.25) is 14.4 Å². The second-order valence-corrected chi connectivity index (χ2v) is 9.81. The second-order valence-electron chi connectivity index (χ2n) is 8.75. The number of hydrogen-bond donors (Lipinski definition) is 2. The molecule has 0 aromatic heterocycles. The van der Waals surface area contributed by atoms with E-state index in [0.29, 0.717) is 11.3 Å². The number of benzene rings is 2. The predicted octanol–water partition coefficient (Wildman–Crippen LogP) is 4.07. The molecule has 3 fully saturated rings. The smallest absolute Gasteiger partial charge is 0.310 e. The molecular formula is C24H23BrN2O4. The molecule has 1 heterocycles. The van der Waals surface area contributed by atoms with Crippen molar-refractivity contribution in [2.75, 3.05) is 10.6 Å². The maximum atomic E-state index is 13.0. The monoisotopic (exact) mass is 482 g/mol. The van der Waals surface area contributed by atoms with Gasteiger partial charge in [-0.25, -0.2) is 0 Å². The van der Waals surface area contributed by atoms with E-state index in [0.717, 1.165) is 23.2 Å². The lowest BCUT2D eigenvalue weighted by Crippen LogP contribution is -2.40. The first-order valence-electron chi connectivity index (χ1n) is 10.5. The van der Waals surface area contributed by atoms with Crippen molar-refractivity contribution < 1.29 is 19.1 Å². The number of aryl methyl sites for hydroxylation is 2. The van der Waals surface area contributed by atoms with E-state index in [1.54, 1.807) is 24.3 Å². The zero-order valence-corrected chi connectivity index (χ0v) is 18.8. The van der Waals surface area contributed by atoms with Crippen molar-refractivity contribution >= 4 is 45.1 Å². The van der Waals surface area contributed by atoms with Crippen molar-refractivity contribution in [2.24, 2.45) is 23.7 Å². The molecule has 2 amide bonds. The number of anilines is 2. The minimum Gasteiger partial charge on any atom is -0.461 e. The number of rotatable bonds is 4. The van der Waals surface area contributed by atoms with E-state index < -0.39 is 0 Å². The summed E-state index contributed by atoms with van der Waals surface area (Å²) in [5, 5.41) is 5.89. The Balaban J connectivity index is 1.27. The highest BCUT2D eigenvalue weighted by Crippen LogP contribution is 2.60. The van der Waals surface area contributed by atoms with Crippen molar-refractivity contribution in [1.82, 2.24) is 0 Å². The Hall–Kier alpha value is -2.67. The molecule has 2 N–H and O–H groups in total. The summed E-state index contributed by atoms with van der Waals surface area (Å²) in [7, 11) is 0. The molecule has 2 bridgehead atoms. The highest BCUT2D eigenvalue weighted by molar-refractivity contribution is 9.09. The number of nitrogens with one attached hydrogen (secondary N) is 2. The number of para-hydroxylation sites is 1. The van der Waals surface area contributed by atoms with E-state index in [9.17, 15) is 14.4 Å². The van der Waals surface area contributed by atoms with Crippen LogP contribution in [0.1, 0.15) is 27.9 Å². The van der Waals surface area contributed by atoms with Gasteiger partial charge in [0.05, 0.1) is 16.7 Å². The third-order valence-corrected chi connectivity index (χ3v) is 8.16. The Bertz CT molecular complexity index is 1060. The molecular weight excluding hydrogens is 460 g/mol. The van der Waals surface area contributed by atoms with Crippen molar-refractivity contribution in [2.45, 2.75) is 31.2 Å². The van der Waals surface area contributed by atoms with Gasteiger partial charge in [-0.05, 0) is 61.6 Å². The Morgan fingerprint density at radius 3 is 2.35 bits per heavy atom. The maximum absolute atomic E-state index is 13.0. The summed E-state index contributed by atoms with van der Waals surface area (Å²) >= 11 is 3.63. The molecule has 0 spiro atoms. The number of carbonyl (C=O) groups is 3. The van der Waals surface area contributed by atoms with Crippen LogP contribution in [0.4, 0.5) is 11.4 Å². The first-order valence-corrected chi connectivity index (χ1v) is 11.4. The van der Waals surface area contributed by atoms with Gasteiger partial charge < -0.3 is 15.4 Å². The van der Waals surface area contributed by atoms with Gasteiger partial charge in [0.1, 0.15) is 6.10 Å². The number of halogens is 1. The van der Waals surface area contributed by atoms with Gasteiger partial charge in [-0.15, -0.1) is 0 Å². The summed E-state index contributed by atoms with van der Waals surface area (Å²) in [5.41, 5.74) is 3.92. The largest absolute Gasteiger partial charge is 0.461 e. The van der Waals surface area contributed by atoms with Gasteiger partial charge in [0.25, 0.3) is 5.91 Å². The number of carbonyl (C=O) groups excluding carboxylic acids is 3. The molecule has 2 aromatic carbocycles. The summed E-state index contributed by atoms with van der Waals surface area (Å²) in [5.74, 6) is -1.10. The first kappa shape index (κ1) is 20.2. The van der Waals surface area contributed by atoms with Gasteiger partial charge in [0, 0.05) is 22.9 Å². The lowest BCUT2D eigenvalue weighted by molar-refractivity contribution is -0.145. The predicted molar refractivity (Wildman–Crippen MR) is 120 cm³/mol. The Kier molecular flexibility index (Phi) is 4.88. The topological polar surface area (TPSA) is 84.5 Å². The molecule has 3 aliphatic rings. The molecule has 2 saturated carbocycles. The van der Waals surface area contributed by atoms with Crippen LogP contribution in [0.15, 0.2) is 42.5 Å². The van der Waals surface area contributed by atoms with Gasteiger partial charge in [-0.1, -0.05) is 34.1 Å². The number of hydrogen-bond acceptors (Lipinski definition) is 4. The van der Waals surface area contributed by atoms with E-state index in [1.165, 1.54) is 0 Å². The second kappa shape index (κ2) is 7.48. The summed E-state index contributed by atoms with van der Waals surface area (Å²) in [6, 6.07) is 12.7. The van der Waals surface area contributed by atoms with Crippen molar-refractivity contribution in [3.63, 3.8) is 0 Å². The van der Waals surface area contributed by atoms with Crippen LogP contribution in [0, 0.1) is 37.5 Å². The van der Waals surface area contributed by atoms with Crippen LogP contribution in [0.25, 0.3) is 0 Å². The van der Waals surface area contributed by atoms with Gasteiger partial charge >= 0.3 is 5.97 Å². The van der Waals surface area contributed by atoms with Gasteiger partial charge in [0.2, 0.25) is 5.91 Å². The fourth-order valence-electron chi connectivity index (χ4n) is 5.46. The average Bonchev–Trinajstić information content (AvgIpc) is 3.35. The zero-order valence-electron chi connectivity index (χ0n) is 17.2. The molecule has 0 unspecified atom stereocenters. The van der Waals surface area contributed by atoms with Crippen LogP contribution in [-0.2, 0) is 14.3 Å². The molecule has 6 nitrogen and oxygen atoms in total. The minimum absolute atomic E-state index is 0.0342. The van der Waals surface area contributed by atoms with Gasteiger partial charge in [0.15, 0.2) is 0 Å². The molecule has 7 heteroatoms. The van der Waals surface area contributed by atoms with Crippen molar-refractivity contribution in [1.29, 1.82) is 0 Å². The third kappa shape index (κ3) is 3.26. The lowest BCUT2D eigenvalue weighted by Gasteiger charge is -2.27. The van der Waals surface area contributed by atoms with E-state index in [1.807, 2.05) is 32.0 Å². The minimum atomic E-state index is -0.382. The van der Waals surface area contributed by atoms with Crippen LogP contribution >= 0.6 is 15.9 Å². The number of fused-ring (bicyclic) bond motifs is 1. The van der Waals surface area contributed by atoms with Crippen LogP contribution < -0.4 is 10.6 Å². The van der Waals surface area contributed by atoms with Crippen LogP contribution in [0.3, 0.4) is 0 Å². The normalized spacial score (nSPS) is 30.2. The van der Waals surface area contributed by atoms with E-state index in [2.05, 4.69) is 26.6 Å². The number of esters is 1. The molecule has 160 valence electrons. The molecule has 1 aliphatic heterocycles. The molecule has 2 aromatic rings. The van der Waals surface area contributed by atoms with E-state index >= 15 is 0 Å². The Morgan fingerprint density at radius 2 is 1.68 bits per heavy atom. The molecule has 5 rings (SSSR count). The standard InChI is InChI=1S/C24H23BrN2O4/c1-11-4-3-5-12(2)20(11)27-22(28)13-6-8-14(9-7-13)26-23(29)17-15-10-16-18(17)24(30)31-21(16)19(15)25/h3-9,15-19,21H,10H2,1-2H3,(H,26,29)(H,27,28)/t15-,16-,17-,18-,19-,21+/m1/s1. The lowest BCUT2D eigenvalue weighted by atomic mass is 9.79. The summed E-state index contributed by atoms with van der Waals surface area (Å²) < 4.78 is 5.48. The zero-order chi connectivity index (χ0) is 21.9. The summed E-state index contributed by atoms with van der Waals surface area (Å²) in [4.78, 5) is 37.9. The fourth-order valence-corrected chi connectivity index (χ4v) is 6.50. The Labute approximate surface area is 188 Å². The fraction of sp³-hybridized carbons (Fsp3) is 0.375. The number of amides is 2. The highest BCUT2D eigenvalue weighted by atomic mass is 79.9. The molecule has 6 atom stereocenters. The van der Waals surface area contributed by atoms with Crippen LogP contribution in [-0.4, -0.2) is 28.7 Å². The number of alkyl halides is 1. The average molecular weight is 483 g/mol. The molecule has 0 radical (unpaired) electrons. The SMILES string of the molecule is Cc1cccc(C)c1NC(=O)c1ccc(NC(=O)[C@@H]2[C@H]3C[C@H]4[C@H](OC(=O)[C@H]42)[C@@H]3Br)cc1. The first-order chi connectivity index (χ1) is 14.8. The maximum Gasteiger partial charge on any atom is 0.310 e. The Morgan fingerprint density at radius 1 is 1.00 bits per heavy atom. The molecule has 2 aliphatic carbocycles.